The minimum atomic E-state index is 0. The van der Waals surface area contributed by atoms with E-state index in [4.69, 9.17) is 75.8 Å². The van der Waals surface area contributed by atoms with Crippen LogP contribution in [-0.4, -0.2) is 211 Å². The monoisotopic (exact) mass is 1440 g/mol. The minimum absolute atomic E-state index is 0. The fourth-order valence-corrected chi connectivity index (χ4v) is 20.2. The molecule has 92 heavy (non-hydrogen) atoms. The molecular formula is C68H100K2O16P6. The molecule has 6 aliphatic rings. The Balaban J connectivity index is 0.000000287. The molecule has 8 heterocycles. The zero-order chi connectivity index (χ0) is 62.6. The summed E-state index contributed by atoms with van der Waals surface area (Å²) in [7, 11) is 8.66. The SMILES string of the molecule is C1CCOC1.C1CCOC1.C1CCOC1.C1CCOC1.C1COCCOCCOCCOCCOCCO1.C1COCCOCCOCCOCCOCCO1.[K+].[K+].c1ccc(-c2p[p-]pc2-c2ccccc2)cc1.c1ccc(-c2p[p-]pc2-c2ccccc2)cc1. The topological polar surface area (TPSA) is 148 Å². The van der Waals surface area contributed by atoms with Gasteiger partial charge < -0.3 is 90.9 Å². The van der Waals surface area contributed by atoms with Crippen LogP contribution in [0.5, 0.6) is 0 Å². The predicted octanol–water partition coefficient (Wildman–Crippen LogP) is 10.4. The van der Waals surface area contributed by atoms with Gasteiger partial charge in [0.05, 0.1) is 159 Å². The molecule has 6 fully saturated rings. The van der Waals surface area contributed by atoms with Crippen LogP contribution in [0.2, 0.25) is 0 Å². The first-order chi connectivity index (χ1) is 44.9. The minimum Gasteiger partial charge on any atom is -0.462 e. The van der Waals surface area contributed by atoms with Crippen molar-refractivity contribution in [2.24, 2.45) is 0 Å². The van der Waals surface area contributed by atoms with Gasteiger partial charge in [0.1, 0.15) is 0 Å². The zero-order valence-corrected chi connectivity index (χ0v) is 66.7. The standard InChI is InChI=1S/2C14H10P3.2C12H24O6.4C4H8O.2K/c2*1-3-7-11(8-4-1)13-14(16-17-15-13)12-9-5-2-6-10-12;2*1-2-14-5-6-16-9-10-18-12-11-17-8-7-15-4-3-13-1;4*1-2-4-5-3-1;;/h2*1-10H;2*1-12H2;4*1-4H2;;/q2*-1;;;;;;;2*+1. The van der Waals surface area contributed by atoms with Gasteiger partial charge in [0, 0.05) is 52.9 Å². The number of hydrogen-bond donors (Lipinski definition) is 0. The summed E-state index contributed by atoms with van der Waals surface area (Å²) < 4.78 is 83.7. The molecule has 0 amide bonds. The number of hydrogen-bond acceptors (Lipinski definition) is 16. The van der Waals surface area contributed by atoms with Crippen LogP contribution in [0.1, 0.15) is 51.4 Å². The third-order valence-corrected chi connectivity index (χ3v) is 23.1. The van der Waals surface area contributed by atoms with Crippen molar-refractivity contribution in [1.82, 2.24) is 0 Å². The first-order valence-corrected chi connectivity index (χ1v) is 40.3. The predicted molar refractivity (Wildman–Crippen MR) is 371 cm³/mol. The first-order valence-electron chi connectivity index (χ1n) is 32.1. The van der Waals surface area contributed by atoms with Crippen LogP contribution in [0, 0.1) is 0 Å². The van der Waals surface area contributed by atoms with E-state index >= 15 is 0 Å². The van der Waals surface area contributed by atoms with Crippen LogP contribution in [0.25, 0.3) is 43.4 Å². The Bertz CT molecular complexity index is 1970. The van der Waals surface area contributed by atoms with Crippen LogP contribution in [0.4, 0.5) is 0 Å². The van der Waals surface area contributed by atoms with Crippen molar-refractivity contribution >= 4 is 46.6 Å². The third kappa shape index (κ3) is 47.0. The van der Waals surface area contributed by atoms with Gasteiger partial charge in [-0.25, -0.2) is 0 Å². The Kier molecular flexibility index (Phi) is 62.8. The van der Waals surface area contributed by atoms with Gasteiger partial charge in [0.2, 0.25) is 0 Å². The molecule has 0 radical (unpaired) electrons. The number of rotatable bonds is 4. The van der Waals surface area contributed by atoms with Crippen molar-refractivity contribution < 1.29 is 179 Å². The van der Waals surface area contributed by atoms with Gasteiger partial charge in [-0.2, -0.15) is 0 Å². The Labute approximate surface area is 645 Å². The van der Waals surface area contributed by atoms with E-state index in [-0.39, 0.29) is 103 Å². The maximum absolute atomic E-state index is 5.33. The van der Waals surface area contributed by atoms with Crippen LogP contribution in [-0.2, 0) is 75.8 Å². The summed E-state index contributed by atoms with van der Waals surface area (Å²) in [4.78, 5) is 0. The molecule has 6 aromatic rings. The van der Waals surface area contributed by atoms with Gasteiger partial charge in [0.15, 0.2) is 0 Å². The molecule has 24 heteroatoms. The van der Waals surface area contributed by atoms with E-state index in [2.05, 4.69) is 121 Å². The van der Waals surface area contributed by atoms with Crippen LogP contribution in [0.3, 0.4) is 0 Å². The Morgan fingerprint density at radius 2 is 0.293 bits per heavy atom. The Morgan fingerprint density at radius 1 is 0.174 bits per heavy atom. The summed E-state index contributed by atoms with van der Waals surface area (Å²) in [5, 5.41) is 5.94. The summed E-state index contributed by atoms with van der Waals surface area (Å²) >= 11 is 0. The van der Waals surface area contributed by atoms with Crippen molar-refractivity contribution in [1.29, 1.82) is 0 Å². The van der Waals surface area contributed by atoms with E-state index in [0.29, 0.717) is 159 Å². The number of benzene rings is 4. The summed E-state index contributed by atoms with van der Waals surface area (Å²) in [5.74, 6) is 0. The van der Waals surface area contributed by atoms with E-state index < -0.39 is 0 Å². The molecular weight excluding hydrogens is 1340 g/mol. The molecule has 16 nitrogen and oxygen atoms in total. The fourth-order valence-electron chi connectivity index (χ4n) is 8.26. The molecule has 6 aliphatic heterocycles. The normalized spacial score (nSPS) is 19.0. The van der Waals surface area contributed by atoms with Crippen molar-refractivity contribution in [3.05, 3.63) is 121 Å². The molecule has 2 aromatic heterocycles. The molecule has 0 spiro atoms. The Hall–Kier alpha value is 0.793. The van der Waals surface area contributed by atoms with E-state index in [1.54, 1.807) is 0 Å². The second-order valence-corrected chi connectivity index (χ2v) is 29.7. The molecule has 12 rings (SSSR count). The molecule has 4 aromatic carbocycles. The molecule has 6 saturated heterocycles. The van der Waals surface area contributed by atoms with Crippen molar-refractivity contribution in [3.63, 3.8) is 0 Å². The van der Waals surface area contributed by atoms with Gasteiger partial charge in [-0.05, 0) is 94.8 Å². The van der Waals surface area contributed by atoms with E-state index in [1.165, 1.54) is 141 Å². The summed E-state index contributed by atoms with van der Waals surface area (Å²) in [6, 6.07) is 42.9. The van der Waals surface area contributed by atoms with Gasteiger partial charge in [-0.15, -0.1) is 0 Å². The quantitative estimate of drug-likeness (QED) is 0.154. The largest absolute Gasteiger partial charge is 1.00 e. The third-order valence-electron chi connectivity index (χ3n) is 13.0. The first kappa shape index (κ1) is 87.0. The zero-order valence-electron chi connectivity index (χ0n) is 55.0. The summed E-state index contributed by atoms with van der Waals surface area (Å²) in [6.07, 6.45) is 10.2. The fraction of sp³-hybridized carbons (Fsp3) is 0.588. The molecule has 0 bridgehead atoms. The van der Waals surface area contributed by atoms with Gasteiger partial charge in [-0.3, -0.25) is 31.5 Å². The maximum Gasteiger partial charge on any atom is 1.00 e. The Morgan fingerprint density at radius 3 is 0.402 bits per heavy atom. The van der Waals surface area contributed by atoms with Crippen LogP contribution < -0.4 is 103 Å². The molecule has 500 valence electrons. The molecule has 0 unspecified atom stereocenters. The van der Waals surface area contributed by atoms with E-state index in [1.807, 2.05) is 0 Å². The van der Waals surface area contributed by atoms with Gasteiger partial charge in [0.25, 0.3) is 0 Å². The van der Waals surface area contributed by atoms with Crippen molar-refractivity contribution in [3.8, 4) is 43.4 Å². The average molecular weight is 1440 g/mol. The molecule has 0 atom stereocenters. The van der Waals surface area contributed by atoms with Gasteiger partial charge in [-0.1, -0.05) is 121 Å². The smallest absolute Gasteiger partial charge is 0.462 e. The molecule has 0 aliphatic carbocycles. The van der Waals surface area contributed by atoms with E-state index in [0.717, 1.165) is 52.9 Å². The average Bonchev–Trinajstić information content (AvgIpc) is 1.77. The molecule has 0 saturated carbocycles. The van der Waals surface area contributed by atoms with Crippen molar-refractivity contribution in [2.75, 3.05) is 211 Å². The summed E-state index contributed by atoms with van der Waals surface area (Å²) in [5.41, 5.74) is 5.46. The second kappa shape index (κ2) is 66.3. The summed E-state index contributed by atoms with van der Waals surface area (Å²) in [6.45, 7) is 22.1. The molecule has 0 N–H and O–H groups in total. The number of ether oxygens (including phenoxy) is 16. The van der Waals surface area contributed by atoms with Crippen LogP contribution >= 0.6 is 46.6 Å². The van der Waals surface area contributed by atoms with Gasteiger partial charge >= 0.3 is 103 Å². The second-order valence-electron chi connectivity index (χ2n) is 20.1. The van der Waals surface area contributed by atoms with Crippen molar-refractivity contribution in [2.45, 2.75) is 51.4 Å². The maximum atomic E-state index is 5.33. The van der Waals surface area contributed by atoms with E-state index in [9.17, 15) is 0 Å². The van der Waals surface area contributed by atoms with Crippen LogP contribution in [0.15, 0.2) is 121 Å².